The molecule has 2 heterocycles. The second kappa shape index (κ2) is 9.53. The molecule has 1 amide bonds. The Morgan fingerprint density at radius 3 is 2.52 bits per heavy atom. The number of imidazole rings is 1. The van der Waals surface area contributed by atoms with Crippen LogP contribution in [0, 0.1) is 6.92 Å². The van der Waals surface area contributed by atoms with Crippen LogP contribution < -0.4 is 19.1 Å². The molecule has 2 aromatic carbocycles. The number of ether oxygens (including phenoxy) is 2. The van der Waals surface area contributed by atoms with Crippen LogP contribution in [-0.2, 0) is 21.4 Å². The zero-order valence-corrected chi connectivity index (χ0v) is 19.3. The molecule has 0 bridgehead atoms. The molecule has 0 fully saturated rings. The topological polar surface area (TPSA) is 103 Å². The van der Waals surface area contributed by atoms with E-state index in [0.717, 1.165) is 21.4 Å². The molecule has 0 radical (unpaired) electrons. The van der Waals surface area contributed by atoms with Gasteiger partial charge in [-0.05, 0) is 43.7 Å². The third-order valence-corrected chi connectivity index (χ3v) is 7.07. The van der Waals surface area contributed by atoms with Crippen molar-refractivity contribution in [1.82, 2.24) is 14.9 Å². The smallest absolute Gasteiger partial charge is 0.241 e. The number of nitrogens with zero attached hydrogens (tertiary/aromatic N) is 3. The van der Waals surface area contributed by atoms with Gasteiger partial charge in [0.25, 0.3) is 0 Å². The minimum atomic E-state index is -3.69. The number of amides is 1. The average Bonchev–Trinajstić information content (AvgIpc) is 3.27. The van der Waals surface area contributed by atoms with Crippen LogP contribution in [0.15, 0.2) is 54.9 Å². The predicted octanol–water partition coefficient (Wildman–Crippen LogP) is 2.42. The molecule has 1 aliphatic heterocycles. The highest BCUT2D eigenvalue weighted by Crippen LogP contribution is 2.34. The number of aryl methyl sites for hydroxylation is 1. The molecular weight excluding hydrogens is 444 g/mol. The third-order valence-electron chi connectivity index (χ3n) is 5.33. The summed E-state index contributed by atoms with van der Waals surface area (Å²) in [6.45, 7) is 4.24. The molecule has 0 saturated carbocycles. The largest absolute Gasteiger partial charge is 0.486 e. The molecule has 10 heteroatoms. The minimum absolute atomic E-state index is 0.135. The number of anilines is 1. The van der Waals surface area contributed by atoms with Crippen molar-refractivity contribution in [3.8, 4) is 17.2 Å². The Morgan fingerprint density at radius 2 is 1.85 bits per heavy atom. The molecule has 1 aliphatic rings. The minimum Gasteiger partial charge on any atom is -0.486 e. The fourth-order valence-corrected chi connectivity index (χ4v) is 4.57. The number of carbonyl (C=O) groups is 1. The van der Waals surface area contributed by atoms with Crippen LogP contribution in [0.4, 0.5) is 5.69 Å². The van der Waals surface area contributed by atoms with Gasteiger partial charge in [0, 0.05) is 30.7 Å². The van der Waals surface area contributed by atoms with Gasteiger partial charge in [0.15, 0.2) is 11.5 Å². The molecule has 174 valence electrons. The number of hydrogen-bond donors (Lipinski definition) is 1. The SMILES string of the molecule is CCS(=O)(=O)N(CC(=O)NCc1ccc(-n2ccnc2C)cc1)c1ccc2c(c1)OCCO2. The number of hydrogen-bond acceptors (Lipinski definition) is 6. The lowest BCUT2D eigenvalue weighted by atomic mass is 10.2. The van der Waals surface area contributed by atoms with Crippen molar-refractivity contribution in [2.45, 2.75) is 20.4 Å². The zero-order valence-electron chi connectivity index (χ0n) is 18.5. The van der Waals surface area contributed by atoms with E-state index in [2.05, 4.69) is 10.3 Å². The summed E-state index contributed by atoms with van der Waals surface area (Å²) in [5, 5.41) is 2.80. The quantitative estimate of drug-likeness (QED) is 0.542. The lowest BCUT2D eigenvalue weighted by molar-refractivity contribution is -0.119. The molecule has 0 aliphatic carbocycles. The van der Waals surface area contributed by atoms with E-state index in [1.165, 1.54) is 0 Å². The van der Waals surface area contributed by atoms with Gasteiger partial charge >= 0.3 is 0 Å². The molecule has 0 atom stereocenters. The lowest BCUT2D eigenvalue weighted by Gasteiger charge is -2.25. The molecule has 0 spiro atoms. The van der Waals surface area contributed by atoms with Gasteiger partial charge < -0.3 is 19.4 Å². The molecule has 1 N–H and O–H groups in total. The highest BCUT2D eigenvalue weighted by molar-refractivity contribution is 7.92. The molecule has 1 aromatic heterocycles. The first-order valence-electron chi connectivity index (χ1n) is 10.6. The monoisotopic (exact) mass is 470 g/mol. The van der Waals surface area contributed by atoms with Gasteiger partial charge in [0.2, 0.25) is 15.9 Å². The van der Waals surface area contributed by atoms with Crippen LogP contribution in [0.5, 0.6) is 11.5 Å². The number of nitrogens with one attached hydrogen (secondary N) is 1. The van der Waals surface area contributed by atoms with Crippen LogP contribution >= 0.6 is 0 Å². The van der Waals surface area contributed by atoms with Crippen LogP contribution in [0.3, 0.4) is 0 Å². The number of sulfonamides is 1. The van der Waals surface area contributed by atoms with E-state index in [0.29, 0.717) is 30.4 Å². The van der Waals surface area contributed by atoms with Crippen LogP contribution in [0.1, 0.15) is 18.3 Å². The van der Waals surface area contributed by atoms with Gasteiger partial charge in [0.05, 0.1) is 11.4 Å². The molecule has 9 nitrogen and oxygen atoms in total. The van der Waals surface area contributed by atoms with E-state index in [-0.39, 0.29) is 18.8 Å². The number of aromatic nitrogens is 2. The summed E-state index contributed by atoms with van der Waals surface area (Å²) in [6, 6.07) is 12.6. The first-order chi connectivity index (χ1) is 15.9. The van der Waals surface area contributed by atoms with E-state index >= 15 is 0 Å². The Morgan fingerprint density at radius 1 is 1.12 bits per heavy atom. The summed E-state index contributed by atoms with van der Waals surface area (Å²) >= 11 is 0. The van der Waals surface area contributed by atoms with Crippen molar-refractivity contribution in [2.24, 2.45) is 0 Å². The molecule has 4 rings (SSSR count). The first-order valence-corrected chi connectivity index (χ1v) is 12.2. The summed E-state index contributed by atoms with van der Waals surface area (Å²) in [4.78, 5) is 16.9. The fourth-order valence-electron chi connectivity index (χ4n) is 3.51. The van der Waals surface area contributed by atoms with Crippen molar-refractivity contribution >= 4 is 21.6 Å². The maximum Gasteiger partial charge on any atom is 0.241 e. The van der Waals surface area contributed by atoms with E-state index in [1.54, 1.807) is 31.3 Å². The maximum absolute atomic E-state index is 12.7. The molecular formula is C23H26N4O5S. The van der Waals surface area contributed by atoms with Gasteiger partial charge in [-0.1, -0.05) is 12.1 Å². The van der Waals surface area contributed by atoms with E-state index in [1.807, 2.05) is 42.0 Å². The number of rotatable bonds is 8. The highest BCUT2D eigenvalue weighted by Gasteiger charge is 2.25. The molecule has 0 unspecified atom stereocenters. The lowest BCUT2D eigenvalue weighted by Crippen LogP contribution is -2.41. The Labute approximate surface area is 193 Å². The Hall–Kier alpha value is -3.53. The van der Waals surface area contributed by atoms with Crippen molar-refractivity contribution in [1.29, 1.82) is 0 Å². The summed E-state index contributed by atoms with van der Waals surface area (Å²) in [5.41, 5.74) is 2.23. The third kappa shape index (κ3) is 5.11. The van der Waals surface area contributed by atoms with Crippen molar-refractivity contribution in [2.75, 3.05) is 29.8 Å². The van der Waals surface area contributed by atoms with Crippen LogP contribution in [0.25, 0.3) is 5.69 Å². The Kier molecular flexibility index (Phi) is 6.55. The van der Waals surface area contributed by atoms with Gasteiger partial charge in [-0.25, -0.2) is 13.4 Å². The van der Waals surface area contributed by atoms with E-state index < -0.39 is 15.9 Å². The van der Waals surface area contributed by atoms with Crippen molar-refractivity contribution < 1.29 is 22.7 Å². The molecule has 0 saturated heterocycles. The van der Waals surface area contributed by atoms with E-state index in [4.69, 9.17) is 9.47 Å². The Bertz CT molecular complexity index is 1240. The Balaban J connectivity index is 1.44. The van der Waals surface area contributed by atoms with Gasteiger partial charge in [-0.15, -0.1) is 0 Å². The summed E-state index contributed by atoms with van der Waals surface area (Å²) in [6.07, 6.45) is 3.62. The highest BCUT2D eigenvalue weighted by atomic mass is 32.2. The van der Waals surface area contributed by atoms with Crippen LogP contribution in [-0.4, -0.2) is 49.4 Å². The predicted molar refractivity (Wildman–Crippen MR) is 124 cm³/mol. The van der Waals surface area contributed by atoms with Crippen LogP contribution in [0.2, 0.25) is 0 Å². The first kappa shape index (κ1) is 22.7. The standard InChI is InChI=1S/C23H26N4O5S/c1-3-33(29,30)27(20-8-9-21-22(14-20)32-13-12-31-21)16-23(28)25-15-18-4-6-19(7-5-18)26-11-10-24-17(26)2/h4-11,14H,3,12-13,15-16H2,1-2H3,(H,25,28). The second-order valence-electron chi connectivity index (χ2n) is 7.52. The number of carbonyl (C=O) groups excluding carboxylic acids is 1. The van der Waals surface area contributed by atoms with Gasteiger partial charge in [-0.2, -0.15) is 0 Å². The summed E-state index contributed by atoms with van der Waals surface area (Å²) < 4.78 is 39.6. The van der Waals surface area contributed by atoms with E-state index in [9.17, 15) is 13.2 Å². The molecule has 33 heavy (non-hydrogen) atoms. The summed E-state index contributed by atoms with van der Waals surface area (Å²) in [7, 11) is -3.69. The summed E-state index contributed by atoms with van der Waals surface area (Å²) in [5.74, 6) is 1.36. The number of benzene rings is 2. The zero-order chi connectivity index (χ0) is 23.4. The average molecular weight is 471 g/mol. The van der Waals surface area contributed by atoms with Gasteiger partial charge in [0.1, 0.15) is 25.6 Å². The van der Waals surface area contributed by atoms with Crippen molar-refractivity contribution in [3.63, 3.8) is 0 Å². The van der Waals surface area contributed by atoms with Crippen molar-refractivity contribution in [3.05, 3.63) is 66.2 Å². The number of fused-ring (bicyclic) bond motifs is 1. The maximum atomic E-state index is 12.7. The molecule has 3 aromatic rings. The normalized spacial score (nSPS) is 12.9. The fraction of sp³-hybridized carbons (Fsp3) is 0.304. The van der Waals surface area contributed by atoms with Gasteiger partial charge in [-0.3, -0.25) is 9.10 Å². The second-order valence-corrected chi connectivity index (χ2v) is 9.70.